The van der Waals surface area contributed by atoms with E-state index in [9.17, 15) is 4.79 Å². The van der Waals surface area contributed by atoms with Crippen LogP contribution in [-0.4, -0.2) is 26.3 Å². The van der Waals surface area contributed by atoms with Crippen molar-refractivity contribution >= 4 is 21.9 Å². The number of hydrogen-bond acceptors (Lipinski definition) is 3. The fraction of sp³-hybridized carbons (Fsp3) is 0.364. The number of esters is 1. The molecule has 2 rings (SSSR count). The van der Waals surface area contributed by atoms with Gasteiger partial charge in [0.25, 0.3) is 0 Å². The van der Waals surface area contributed by atoms with E-state index >= 15 is 0 Å². The molecule has 0 aromatic heterocycles. The Balaban J connectivity index is 2.38. The van der Waals surface area contributed by atoms with E-state index in [2.05, 4.69) is 15.9 Å². The highest BCUT2D eigenvalue weighted by Crippen LogP contribution is 2.34. The van der Waals surface area contributed by atoms with Crippen molar-refractivity contribution in [2.75, 3.05) is 20.3 Å². The first-order chi connectivity index (χ1) is 7.19. The second-order valence-electron chi connectivity index (χ2n) is 3.58. The van der Waals surface area contributed by atoms with Crippen LogP contribution in [0.3, 0.4) is 0 Å². The zero-order chi connectivity index (χ0) is 10.9. The van der Waals surface area contributed by atoms with E-state index in [4.69, 9.17) is 9.47 Å². The van der Waals surface area contributed by atoms with Gasteiger partial charge in [-0.05, 0) is 17.7 Å². The minimum absolute atomic E-state index is 0.230. The molecule has 1 saturated heterocycles. The van der Waals surface area contributed by atoms with Crippen molar-refractivity contribution in [3.05, 3.63) is 34.3 Å². The van der Waals surface area contributed by atoms with Crippen LogP contribution in [0, 0.1) is 0 Å². The number of methoxy groups -OCH3 is 1. The van der Waals surface area contributed by atoms with Gasteiger partial charge in [0, 0.05) is 4.47 Å². The zero-order valence-electron chi connectivity index (χ0n) is 8.33. The summed E-state index contributed by atoms with van der Waals surface area (Å²) in [7, 11) is 1.40. The van der Waals surface area contributed by atoms with Crippen molar-refractivity contribution in [1.82, 2.24) is 0 Å². The summed E-state index contributed by atoms with van der Waals surface area (Å²) in [6.07, 6.45) is 0. The highest BCUT2D eigenvalue weighted by atomic mass is 79.9. The first kappa shape index (κ1) is 10.6. The maximum atomic E-state index is 11.7. The molecule has 1 aliphatic heterocycles. The van der Waals surface area contributed by atoms with Crippen LogP contribution in [0.15, 0.2) is 28.7 Å². The molecule has 0 amide bonds. The second kappa shape index (κ2) is 3.94. The molecule has 0 bridgehead atoms. The molecule has 1 fully saturated rings. The van der Waals surface area contributed by atoms with E-state index in [0.29, 0.717) is 13.2 Å². The van der Waals surface area contributed by atoms with Crippen LogP contribution in [0.2, 0.25) is 0 Å². The number of benzene rings is 1. The number of halogens is 1. The Bertz CT molecular complexity index is 385. The summed E-state index contributed by atoms with van der Waals surface area (Å²) in [5.74, 6) is -0.230. The van der Waals surface area contributed by atoms with Crippen LogP contribution in [0.5, 0.6) is 0 Å². The van der Waals surface area contributed by atoms with Crippen LogP contribution in [0.4, 0.5) is 0 Å². The smallest absolute Gasteiger partial charge is 0.321 e. The Hall–Kier alpha value is -0.870. The van der Waals surface area contributed by atoms with Gasteiger partial charge in [-0.3, -0.25) is 4.79 Å². The number of hydrogen-bond donors (Lipinski definition) is 0. The molecule has 0 spiro atoms. The van der Waals surface area contributed by atoms with E-state index in [-0.39, 0.29) is 5.97 Å². The van der Waals surface area contributed by atoms with E-state index in [1.807, 2.05) is 24.3 Å². The van der Waals surface area contributed by atoms with E-state index in [0.717, 1.165) is 10.0 Å². The molecule has 1 aromatic carbocycles. The van der Waals surface area contributed by atoms with Gasteiger partial charge in [0.1, 0.15) is 5.41 Å². The average molecular weight is 271 g/mol. The molecular weight excluding hydrogens is 260 g/mol. The minimum atomic E-state index is -0.599. The molecule has 1 heterocycles. The Morgan fingerprint density at radius 1 is 1.53 bits per heavy atom. The van der Waals surface area contributed by atoms with Crippen molar-refractivity contribution in [2.24, 2.45) is 0 Å². The Morgan fingerprint density at radius 3 is 2.73 bits per heavy atom. The molecule has 15 heavy (non-hydrogen) atoms. The van der Waals surface area contributed by atoms with Crippen LogP contribution < -0.4 is 0 Å². The number of rotatable bonds is 2. The quantitative estimate of drug-likeness (QED) is 0.770. The van der Waals surface area contributed by atoms with E-state index in [1.165, 1.54) is 7.11 Å². The van der Waals surface area contributed by atoms with E-state index in [1.54, 1.807) is 0 Å². The Morgan fingerprint density at radius 2 is 2.27 bits per heavy atom. The van der Waals surface area contributed by atoms with Gasteiger partial charge in [-0.15, -0.1) is 0 Å². The fourth-order valence-corrected chi connectivity index (χ4v) is 2.09. The lowest BCUT2D eigenvalue weighted by Crippen LogP contribution is -2.53. The van der Waals surface area contributed by atoms with Crippen LogP contribution in [0.25, 0.3) is 0 Å². The normalized spacial score (nSPS) is 18.0. The van der Waals surface area contributed by atoms with Crippen molar-refractivity contribution < 1.29 is 14.3 Å². The lowest BCUT2D eigenvalue weighted by atomic mass is 9.79. The molecule has 0 radical (unpaired) electrons. The highest BCUT2D eigenvalue weighted by molar-refractivity contribution is 9.10. The van der Waals surface area contributed by atoms with Gasteiger partial charge >= 0.3 is 5.97 Å². The predicted octanol–water partition coefficient (Wildman–Crippen LogP) is 1.89. The maximum absolute atomic E-state index is 11.7. The summed E-state index contributed by atoms with van der Waals surface area (Å²) in [6, 6.07) is 7.68. The molecule has 1 aromatic rings. The summed E-state index contributed by atoms with van der Waals surface area (Å²) < 4.78 is 10.9. The highest BCUT2D eigenvalue weighted by Gasteiger charge is 2.48. The molecule has 0 saturated carbocycles. The van der Waals surface area contributed by atoms with Gasteiger partial charge < -0.3 is 9.47 Å². The molecule has 0 atom stereocenters. The predicted molar refractivity (Wildman–Crippen MR) is 58.7 cm³/mol. The standard InChI is InChI=1S/C11H11BrO3/c1-14-10(13)11(6-15-7-11)8-3-2-4-9(12)5-8/h2-5H,6-7H2,1H3. The molecule has 80 valence electrons. The average Bonchev–Trinajstić information content (AvgIpc) is 2.16. The molecule has 0 aliphatic carbocycles. The fourth-order valence-electron chi connectivity index (χ4n) is 1.69. The van der Waals surface area contributed by atoms with Gasteiger partial charge in [0.05, 0.1) is 20.3 Å². The first-order valence-corrected chi connectivity index (χ1v) is 5.40. The van der Waals surface area contributed by atoms with Crippen LogP contribution >= 0.6 is 15.9 Å². The Labute approximate surface area is 96.5 Å². The maximum Gasteiger partial charge on any atom is 0.321 e. The number of carbonyl (C=O) groups is 1. The summed E-state index contributed by atoms with van der Waals surface area (Å²) in [5, 5.41) is 0. The van der Waals surface area contributed by atoms with Gasteiger partial charge in [0.15, 0.2) is 0 Å². The SMILES string of the molecule is COC(=O)C1(c2cccc(Br)c2)COC1. The molecular formula is C11H11BrO3. The Kier molecular flexibility index (Phi) is 2.80. The van der Waals surface area contributed by atoms with Crippen molar-refractivity contribution in [1.29, 1.82) is 0 Å². The van der Waals surface area contributed by atoms with Crippen molar-refractivity contribution in [2.45, 2.75) is 5.41 Å². The van der Waals surface area contributed by atoms with Crippen LogP contribution in [-0.2, 0) is 19.7 Å². The largest absolute Gasteiger partial charge is 0.468 e. The van der Waals surface area contributed by atoms with Gasteiger partial charge in [0.2, 0.25) is 0 Å². The lowest BCUT2D eigenvalue weighted by molar-refractivity contribution is -0.166. The molecule has 0 N–H and O–H groups in total. The third-order valence-electron chi connectivity index (χ3n) is 2.65. The summed E-state index contributed by atoms with van der Waals surface area (Å²) >= 11 is 3.39. The third-order valence-corrected chi connectivity index (χ3v) is 3.14. The van der Waals surface area contributed by atoms with Crippen LogP contribution in [0.1, 0.15) is 5.56 Å². The topological polar surface area (TPSA) is 35.5 Å². The zero-order valence-corrected chi connectivity index (χ0v) is 9.91. The van der Waals surface area contributed by atoms with Gasteiger partial charge in [-0.1, -0.05) is 28.1 Å². The summed E-state index contributed by atoms with van der Waals surface area (Å²) in [4.78, 5) is 11.7. The van der Waals surface area contributed by atoms with Gasteiger partial charge in [-0.2, -0.15) is 0 Å². The monoisotopic (exact) mass is 270 g/mol. The summed E-state index contributed by atoms with van der Waals surface area (Å²) in [6.45, 7) is 0.798. The molecule has 4 heteroatoms. The number of ether oxygens (including phenoxy) is 2. The van der Waals surface area contributed by atoms with Crippen molar-refractivity contribution in [3.63, 3.8) is 0 Å². The third kappa shape index (κ3) is 1.68. The second-order valence-corrected chi connectivity index (χ2v) is 4.49. The molecule has 3 nitrogen and oxygen atoms in total. The van der Waals surface area contributed by atoms with E-state index < -0.39 is 5.41 Å². The van der Waals surface area contributed by atoms with Crippen molar-refractivity contribution in [3.8, 4) is 0 Å². The molecule has 1 aliphatic rings. The lowest BCUT2D eigenvalue weighted by Gasteiger charge is -2.38. The number of carbonyl (C=O) groups excluding carboxylic acids is 1. The first-order valence-electron chi connectivity index (χ1n) is 4.61. The summed E-state index contributed by atoms with van der Waals surface area (Å²) in [5.41, 5.74) is 0.341. The minimum Gasteiger partial charge on any atom is -0.468 e. The molecule has 0 unspecified atom stereocenters. The van der Waals surface area contributed by atoms with Gasteiger partial charge in [-0.25, -0.2) is 0 Å².